The molecule has 1 aromatic heterocycles. The molecular formula is C24H31NO4. The second kappa shape index (κ2) is 6.61. The molecule has 0 spiro atoms. The molecule has 1 amide bonds. The first-order chi connectivity index (χ1) is 13.5. The molecule has 29 heavy (non-hydrogen) atoms. The number of carbonyl (C=O) groups excluding carboxylic acids is 1. The van der Waals surface area contributed by atoms with Gasteiger partial charge in [-0.1, -0.05) is 20.8 Å². The van der Waals surface area contributed by atoms with Crippen LogP contribution in [-0.4, -0.2) is 28.5 Å². The Balaban J connectivity index is 1.55. The van der Waals surface area contributed by atoms with Gasteiger partial charge in [0.15, 0.2) is 0 Å². The largest absolute Gasteiger partial charge is 0.508 e. The maximum Gasteiger partial charge on any atom is 0.339 e. The Kier molecular flexibility index (Phi) is 4.56. The van der Waals surface area contributed by atoms with Crippen LogP contribution in [0, 0.1) is 24.7 Å². The molecule has 2 atom stereocenters. The average Bonchev–Trinajstić information content (AvgIpc) is 2.87. The maximum atomic E-state index is 13.1. The minimum absolute atomic E-state index is 0.111. The van der Waals surface area contributed by atoms with Gasteiger partial charge in [-0.25, -0.2) is 4.79 Å². The highest BCUT2D eigenvalue weighted by Crippen LogP contribution is 2.52. The zero-order valence-corrected chi connectivity index (χ0v) is 18.1. The Bertz CT molecular complexity index is 1050. The van der Waals surface area contributed by atoms with Crippen molar-refractivity contribution in [1.82, 2.24) is 4.90 Å². The van der Waals surface area contributed by atoms with Gasteiger partial charge in [-0.15, -0.1) is 0 Å². The molecule has 2 fully saturated rings. The molecule has 1 aromatic carbocycles. The number of amides is 1. The lowest BCUT2D eigenvalue weighted by molar-refractivity contribution is -0.132. The minimum Gasteiger partial charge on any atom is -0.508 e. The van der Waals surface area contributed by atoms with Crippen molar-refractivity contribution in [2.24, 2.45) is 10.8 Å². The molecule has 1 saturated carbocycles. The molecule has 1 N–H and O–H groups in total. The highest BCUT2D eigenvalue weighted by molar-refractivity contribution is 5.85. The van der Waals surface area contributed by atoms with Crippen LogP contribution in [-0.2, 0) is 11.2 Å². The minimum atomic E-state index is -0.412. The molecule has 0 radical (unpaired) electrons. The number of carbonyl (C=O) groups is 1. The summed E-state index contributed by atoms with van der Waals surface area (Å²) in [5.41, 5.74) is 2.44. The summed E-state index contributed by atoms with van der Waals surface area (Å²) in [7, 11) is 0. The first-order valence-corrected chi connectivity index (χ1v) is 10.5. The van der Waals surface area contributed by atoms with Gasteiger partial charge in [-0.3, -0.25) is 4.79 Å². The Morgan fingerprint density at radius 2 is 1.93 bits per heavy atom. The first-order valence-electron chi connectivity index (χ1n) is 10.5. The van der Waals surface area contributed by atoms with Gasteiger partial charge in [0.05, 0.1) is 0 Å². The number of rotatable bonds is 3. The summed E-state index contributed by atoms with van der Waals surface area (Å²) in [6.07, 6.45) is 3.99. The highest BCUT2D eigenvalue weighted by Gasteiger charge is 2.50. The molecule has 2 aliphatic rings. The van der Waals surface area contributed by atoms with Crippen molar-refractivity contribution in [1.29, 1.82) is 0 Å². The number of aromatic hydroxyl groups is 1. The summed E-state index contributed by atoms with van der Waals surface area (Å²) >= 11 is 0. The first kappa shape index (κ1) is 20.0. The van der Waals surface area contributed by atoms with Crippen molar-refractivity contribution in [3.05, 3.63) is 39.2 Å². The van der Waals surface area contributed by atoms with E-state index in [2.05, 4.69) is 25.7 Å². The molecule has 2 heterocycles. The van der Waals surface area contributed by atoms with Crippen molar-refractivity contribution >= 4 is 16.9 Å². The molecule has 0 unspecified atom stereocenters. The third-order valence-corrected chi connectivity index (χ3v) is 7.00. The predicted octanol–water partition coefficient (Wildman–Crippen LogP) is 4.48. The van der Waals surface area contributed by atoms with Crippen LogP contribution in [0.4, 0.5) is 0 Å². The second-order valence-electron chi connectivity index (χ2n) is 10.3. The lowest BCUT2D eigenvalue weighted by atomic mass is 9.65. The normalized spacial score (nSPS) is 25.6. The molecule has 1 aliphatic heterocycles. The summed E-state index contributed by atoms with van der Waals surface area (Å²) in [6.45, 7) is 11.3. The maximum absolute atomic E-state index is 13.1. The number of likely N-dealkylation sites (tertiary alicyclic amines) is 1. The quantitative estimate of drug-likeness (QED) is 0.776. The van der Waals surface area contributed by atoms with Crippen LogP contribution in [0.3, 0.4) is 0 Å². The third kappa shape index (κ3) is 3.45. The zero-order valence-electron chi connectivity index (χ0n) is 18.1. The highest BCUT2D eigenvalue weighted by atomic mass is 16.4. The van der Waals surface area contributed by atoms with Gasteiger partial charge < -0.3 is 14.4 Å². The van der Waals surface area contributed by atoms with E-state index in [0.717, 1.165) is 36.8 Å². The number of benzene rings is 1. The number of fused-ring (bicyclic) bond motifs is 3. The molecule has 4 rings (SSSR count). The summed E-state index contributed by atoms with van der Waals surface area (Å²) in [4.78, 5) is 27.7. The van der Waals surface area contributed by atoms with Crippen LogP contribution in [0.1, 0.15) is 63.1 Å². The van der Waals surface area contributed by atoms with E-state index in [1.165, 1.54) is 0 Å². The molecular weight excluding hydrogens is 366 g/mol. The van der Waals surface area contributed by atoms with Gasteiger partial charge >= 0.3 is 5.63 Å². The van der Waals surface area contributed by atoms with Crippen LogP contribution in [0.25, 0.3) is 11.0 Å². The molecule has 1 aliphatic carbocycles. The van der Waals surface area contributed by atoms with Gasteiger partial charge in [0.1, 0.15) is 11.3 Å². The van der Waals surface area contributed by atoms with Gasteiger partial charge in [-0.05, 0) is 68.1 Å². The molecule has 2 aromatic rings. The summed E-state index contributed by atoms with van der Waals surface area (Å²) in [6, 6.07) is 3.70. The fourth-order valence-corrected chi connectivity index (χ4v) is 5.99. The van der Waals surface area contributed by atoms with Crippen molar-refractivity contribution in [3.63, 3.8) is 0 Å². The van der Waals surface area contributed by atoms with Gasteiger partial charge in [0.2, 0.25) is 5.91 Å². The molecule has 2 bridgehead atoms. The molecule has 5 heteroatoms. The topological polar surface area (TPSA) is 70.8 Å². The summed E-state index contributed by atoms with van der Waals surface area (Å²) in [5, 5.41) is 10.7. The van der Waals surface area contributed by atoms with E-state index < -0.39 is 5.63 Å². The lowest BCUT2D eigenvalue weighted by Gasteiger charge is -2.39. The number of hydrogen-bond acceptors (Lipinski definition) is 4. The monoisotopic (exact) mass is 397 g/mol. The fraction of sp³-hybridized carbons (Fsp3) is 0.583. The number of hydrogen-bond donors (Lipinski definition) is 1. The SMILES string of the molecule is Cc1c(CCC(=O)N2C[C@@]3(C)C[C@@H]2CC(C)(C)C3)c(=O)oc2c(C)c(O)ccc12. The van der Waals surface area contributed by atoms with E-state index in [-0.39, 0.29) is 22.5 Å². The number of phenolic OH excluding ortho intramolecular Hbond substituents is 1. The van der Waals surface area contributed by atoms with E-state index in [4.69, 9.17) is 4.42 Å². The Hall–Kier alpha value is -2.30. The van der Waals surface area contributed by atoms with Gasteiger partial charge in [0, 0.05) is 35.5 Å². The smallest absolute Gasteiger partial charge is 0.339 e. The second-order valence-corrected chi connectivity index (χ2v) is 10.3. The van der Waals surface area contributed by atoms with Crippen molar-refractivity contribution in [2.45, 2.75) is 72.8 Å². The average molecular weight is 398 g/mol. The van der Waals surface area contributed by atoms with Crippen molar-refractivity contribution < 1.29 is 14.3 Å². The van der Waals surface area contributed by atoms with E-state index >= 15 is 0 Å². The van der Waals surface area contributed by atoms with Crippen LogP contribution < -0.4 is 5.63 Å². The van der Waals surface area contributed by atoms with E-state index in [0.29, 0.717) is 35.6 Å². The summed E-state index contributed by atoms with van der Waals surface area (Å²) < 4.78 is 5.52. The van der Waals surface area contributed by atoms with E-state index in [1.807, 2.05) is 6.92 Å². The molecule has 156 valence electrons. The van der Waals surface area contributed by atoms with E-state index in [1.54, 1.807) is 19.1 Å². The Labute approximate surface area is 171 Å². The third-order valence-electron chi connectivity index (χ3n) is 7.00. The Morgan fingerprint density at radius 1 is 1.21 bits per heavy atom. The van der Waals surface area contributed by atoms with Crippen LogP contribution in [0.15, 0.2) is 21.3 Å². The molecule has 1 saturated heterocycles. The van der Waals surface area contributed by atoms with Gasteiger partial charge in [0.25, 0.3) is 0 Å². The number of aryl methyl sites for hydroxylation is 2. The van der Waals surface area contributed by atoms with Crippen molar-refractivity contribution in [3.8, 4) is 5.75 Å². The summed E-state index contributed by atoms with van der Waals surface area (Å²) in [5.74, 6) is 0.247. The van der Waals surface area contributed by atoms with E-state index in [9.17, 15) is 14.7 Å². The molecule has 5 nitrogen and oxygen atoms in total. The van der Waals surface area contributed by atoms with Gasteiger partial charge in [-0.2, -0.15) is 0 Å². The predicted molar refractivity (Wildman–Crippen MR) is 113 cm³/mol. The zero-order chi connectivity index (χ0) is 21.1. The Morgan fingerprint density at radius 3 is 2.66 bits per heavy atom. The number of phenols is 1. The van der Waals surface area contributed by atoms with Crippen LogP contribution in [0.5, 0.6) is 5.75 Å². The van der Waals surface area contributed by atoms with Crippen LogP contribution in [0.2, 0.25) is 0 Å². The number of nitrogens with zero attached hydrogens (tertiary/aromatic N) is 1. The van der Waals surface area contributed by atoms with Crippen molar-refractivity contribution in [2.75, 3.05) is 6.54 Å². The standard InChI is InChI=1S/C24H31NO4/c1-14-17-6-8-19(26)15(2)21(17)29-22(28)18(14)7-9-20(27)25-13-24(5)11-16(25)10-23(3,4)12-24/h6,8,16,26H,7,9-13H2,1-5H3/t16-,24-/m0/s1. The van der Waals surface area contributed by atoms with Crippen LogP contribution >= 0.6 is 0 Å². The fourth-order valence-electron chi connectivity index (χ4n) is 5.99. The lowest BCUT2D eigenvalue weighted by Crippen LogP contribution is -2.38.